The number of nitrogens with one attached hydrogen (secondary N) is 1. The molecule has 3 N–H and O–H groups in total. The lowest BCUT2D eigenvalue weighted by atomic mass is 10.2. The number of aromatic nitrogens is 1. The molecule has 0 amide bonds. The maximum atomic E-state index is 5.34. The SMILES string of the molecule is CCC(C)N1CCN(Cc2cnc(NN)s2)CC1. The molecule has 18 heavy (non-hydrogen) atoms. The zero-order valence-electron chi connectivity index (χ0n) is 11.2. The molecule has 2 heterocycles. The fourth-order valence-electron chi connectivity index (χ4n) is 2.29. The Bertz CT molecular complexity index is 359. The molecule has 1 aromatic heterocycles. The van der Waals surface area contributed by atoms with Gasteiger partial charge in [-0.25, -0.2) is 10.8 Å². The highest BCUT2D eigenvalue weighted by Gasteiger charge is 2.20. The Balaban J connectivity index is 1.79. The van der Waals surface area contributed by atoms with Crippen LogP contribution in [-0.4, -0.2) is 47.0 Å². The number of hydrogen-bond acceptors (Lipinski definition) is 6. The third-order valence-electron chi connectivity index (χ3n) is 3.68. The monoisotopic (exact) mass is 269 g/mol. The Kier molecular flexibility index (Phi) is 4.94. The van der Waals surface area contributed by atoms with Gasteiger partial charge in [-0.2, -0.15) is 0 Å². The molecule has 102 valence electrons. The summed E-state index contributed by atoms with van der Waals surface area (Å²) in [5, 5.41) is 0.795. The molecule has 0 bridgehead atoms. The van der Waals surface area contributed by atoms with Crippen molar-refractivity contribution in [3.8, 4) is 0 Å². The summed E-state index contributed by atoms with van der Waals surface area (Å²) in [6.45, 7) is 10.2. The zero-order chi connectivity index (χ0) is 13.0. The van der Waals surface area contributed by atoms with Crippen LogP contribution in [0, 0.1) is 0 Å². The molecule has 0 spiro atoms. The second-order valence-electron chi connectivity index (χ2n) is 4.85. The highest BCUT2D eigenvalue weighted by Crippen LogP contribution is 2.19. The molecule has 1 atom stereocenters. The van der Waals surface area contributed by atoms with Crippen LogP contribution in [0.3, 0.4) is 0 Å². The van der Waals surface area contributed by atoms with Crippen molar-refractivity contribution in [1.82, 2.24) is 14.8 Å². The molecular weight excluding hydrogens is 246 g/mol. The van der Waals surface area contributed by atoms with Crippen LogP contribution in [0.2, 0.25) is 0 Å². The van der Waals surface area contributed by atoms with E-state index in [0.717, 1.165) is 24.8 Å². The van der Waals surface area contributed by atoms with E-state index < -0.39 is 0 Å². The largest absolute Gasteiger partial charge is 0.300 e. The fraction of sp³-hybridized carbons (Fsp3) is 0.750. The van der Waals surface area contributed by atoms with Gasteiger partial charge in [-0.1, -0.05) is 18.3 Å². The average Bonchev–Trinajstić information content (AvgIpc) is 2.86. The Morgan fingerprint density at radius 3 is 2.72 bits per heavy atom. The van der Waals surface area contributed by atoms with Crippen molar-refractivity contribution in [2.24, 2.45) is 5.84 Å². The van der Waals surface area contributed by atoms with Crippen LogP contribution in [0.5, 0.6) is 0 Å². The van der Waals surface area contributed by atoms with Crippen LogP contribution < -0.4 is 11.3 Å². The molecule has 1 aliphatic rings. The van der Waals surface area contributed by atoms with E-state index >= 15 is 0 Å². The Labute approximate surface area is 113 Å². The number of hydrazine groups is 1. The highest BCUT2D eigenvalue weighted by atomic mass is 32.1. The van der Waals surface area contributed by atoms with Gasteiger partial charge in [0.15, 0.2) is 5.13 Å². The van der Waals surface area contributed by atoms with Crippen molar-refractivity contribution in [3.63, 3.8) is 0 Å². The lowest BCUT2D eigenvalue weighted by Crippen LogP contribution is -2.48. The van der Waals surface area contributed by atoms with Crippen molar-refractivity contribution in [1.29, 1.82) is 0 Å². The van der Waals surface area contributed by atoms with E-state index in [1.807, 2.05) is 6.20 Å². The van der Waals surface area contributed by atoms with Gasteiger partial charge in [-0.15, -0.1) is 0 Å². The maximum Gasteiger partial charge on any atom is 0.197 e. The first kappa shape index (κ1) is 13.7. The summed E-state index contributed by atoms with van der Waals surface area (Å²) in [4.78, 5) is 10.6. The molecule has 1 fully saturated rings. The Morgan fingerprint density at radius 1 is 1.44 bits per heavy atom. The van der Waals surface area contributed by atoms with Gasteiger partial charge in [0.25, 0.3) is 0 Å². The standard InChI is InChI=1S/C12H23N5S/c1-3-10(2)17-6-4-16(5-7-17)9-11-8-14-12(15-13)18-11/h8,10H,3-7,9,13H2,1-2H3,(H,14,15). The number of rotatable bonds is 5. The second kappa shape index (κ2) is 6.47. The molecule has 1 aliphatic heterocycles. The minimum Gasteiger partial charge on any atom is -0.300 e. The van der Waals surface area contributed by atoms with Crippen molar-refractivity contribution < 1.29 is 0 Å². The summed E-state index contributed by atoms with van der Waals surface area (Å²) >= 11 is 1.64. The van der Waals surface area contributed by atoms with Gasteiger partial charge in [0.1, 0.15) is 0 Å². The summed E-state index contributed by atoms with van der Waals surface area (Å²) in [5.41, 5.74) is 2.59. The first-order valence-corrected chi connectivity index (χ1v) is 7.42. The van der Waals surface area contributed by atoms with E-state index in [1.165, 1.54) is 24.4 Å². The van der Waals surface area contributed by atoms with Crippen LogP contribution in [0.25, 0.3) is 0 Å². The van der Waals surface area contributed by atoms with E-state index in [2.05, 4.69) is 34.1 Å². The molecule has 5 nitrogen and oxygen atoms in total. The quantitative estimate of drug-likeness (QED) is 0.624. The van der Waals surface area contributed by atoms with Gasteiger partial charge < -0.3 is 0 Å². The average molecular weight is 269 g/mol. The first-order valence-electron chi connectivity index (χ1n) is 6.60. The zero-order valence-corrected chi connectivity index (χ0v) is 12.0. The summed E-state index contributed by atoms with van der Waals surface area (Å²) in [6, 6.07) is 0.712. The molecule has 0 radical (unpaired) electrons. The second-order valence-corrected chi connectivity index (χ2v) is 5.96. The summed E-state index contributed by atoms with van der Waals surface area (Å²) in [7, 11) is 0. The van der Waals surface area contributed by atoms with Crippen molar-refractivity contribution in [2.45, 2.75) is 32.9 Å². The highest BCUT2D eigenvalue weighted by molar-refractivity contribution is 7.15. The number of thiazole rings is 1. The van der Waals surface area contributed by atoms with Gasteiger partial charge in [0.2, 0.25) is 0 Å². The lowest BCUT2D eigenvalue weighted by molar-refractivity contribution is 0.0969. The van der Waals surface area contributed by atoms with E-state index in [0.29, 0.717) is 6.04 Å². The number of nitrogens with two attached hydrogens (primary N) is 1. The summed E-state index contributed by atoms with van der Waals surface area (Å²) in [6.07, 6.45) is 3.15. The number of anilines is 1. The molecule has 1 saturated heterocycles. The van der Waals surface area contributed by atoms with Crippen molar-refractivity contribution in [2.75, 3.05) is 31.6 Å². The molecule has 1 aromatic rings. The molecule has 6 heteroatoms. The van der Waals surface area contributed by atoms with Gasteiger partial charge in [-0.3, -0.25) is 15.2 Å². The predicted octanol–water partition coefficient (Wildman–Crippen LogP) is 1.34. The van der Waals surface area contributed by atoms with E-state index in [4.69, 9.17) is 5.84 Å². The normalized spacial score (nSPS) is 19.9. The van der Waals surface area contributed by atoms with Crippen LogP contribution in [-0.2, 0) is 6.54 Å². The molecule has 0 aromatic carbocycles. The van der Waals surface area contributed by atoms with Crippen LogP contribution in [0.4, 0.5) is 5.13 Å². The van der Waals surface area contributed by atoms with Crippen LogP contribution in [0.15, 0.2) is 6.20 Å². The lowest BCUT2D eigenvalue weighted by Gasteiger charge is -2.37. The third kappa shape index (κ3) is 3.41. The molecule has 2 rings (SSSR count). The predicted molar refractivity (Wildman–Crippen MR) is 76.5 cm³/mol. The molecule has 0 aliphatic carbocycles. The van der Waals surface area contributed by atoms with E-state index in [9.17, 15) is 0 Å². The van der Waals surface area contributed by atoms with E-state index in [-0.39, 0.29) is 0 Å². The minimum atomic E-state index is 0.712. The molecule has 0 saturated carbocycles. The molecule has 1 unspecified atom stereocenters. The Hall–Kier alpha value is -0.690. The summed E-state index contributed by atoms with van der Waals surface area (Å²) < 4.78 is 0. The van der Waals surface area contributed by atoms with Crippen molar-refractivity contribution in [3.05, 3.63) is 11.1 Å². The van der Waals surface area contributed by atoms with Gasteiger partial charge >= 0.3 is 0 Å². The van der Waals surface area contributed by atoms with E-state index in [1.54, 1.807) is 11.3 Å². The Morgan fingerprint density at radius 2 is 2.17 bits per heavy atom. The van der Waals surface area contributed by atoms with Crippen LogP contribution >= 0.6 is 11.3 Å². The fourth-order valence-corrected chi connectivity index (χ4v) is 3.05. The minimum absolute atomic E-state index is 0.712. The smallest absolute Gasteiger partial charge is 0.197 e. The number of nitrogen functional groups attached to an aromatic ring is 1. The van der Waals surface area contributed by atoms with Crippen molar-refractivity contribution >= 4 is 16.5 Å². The summed E-state index contributed by atoms with van der Waals surface area (Å²) in [5.74, 6) is 5.34. The number of nitrogens with zero attached hydrogens (tertiary/aromatic N) is 3. The maximum absolute atomic E-state index is 5.34. The van der Waals surface area contributed by atoms with Gasteiger partial charge in [-0.05, 0) is 13.3 Å². The first-order chi connectivity index (χ1) is 8.72. The third-order valence-corrected chi connectivity index (χ3v) is 4.59. The van der Waals surface area contributed by atoms with Gasteiger partial charge in [0, 0.05) is 49.8 Å². The molecular formula is C12H23N5S. The van der Waals surface area contributed by atoms with Crippen LogP contribution in [0.1, 0.15) is 25.1 Å². The number of hydrogen-bond donors (Lipinski definition) is 2. The number of piperazine rings is 1. The van der Waals surface area contributed by atoms with Gasteiger partial charge in [0.05, 0.1) is 0 Å². The topological polar surface area (TPSA) is 57.4 Å².